The van der Waals surface area contributed by atoms with Gasteiger partial charge in [-0.15, -0.1) is 0 Å². The molecule has 0 saturated carbocycles. The molecule has 1 heterocycles. The number of nitrogens with zero attached hydrogens (tertiary/aromatic N) is 1. The number of esters is 1. The Balaban J connectivity index is 2.57. The second-order valence-electron chi connectivity index (χ2n) is 4.94. The van der Waals surface area contributed by atoms with Crippen molar-refractivity contribution in [3.63, 3.8) is 0 Å². The molecule has 1 rings (SSSR count). The van der Waals surface area contributed by atoms with Gasteiger partial charge in [-0.3, -0.25) is 19.4 Å². The van der Waals surface area contributed by atoms with E-state index in [1.165, 1.54) is 19.2 Å². The number of ketones is 2. The Morgan fingerprint density at radius 2 is 2.05 bits per heavy atom. The minimum Gasteiger partial charge on any atom is -0.466 e. The molecule has 5 nitrogen and oxygen atoms in total. The molecule has 0 fully saturated rings. The highest BCUT2D eigenvalue weighted by Gasteiger charge is 2.25. The molecular formula is C16H20ClNO4. The lowest BCUT2D eigenvalue weighted by atomic mass is 9.91. The van der Waals surface area contributed by atoms with Crippen molar-refractivity contribution >= 4 is 29.1 Å². The fourth-order valence-corrected chi connectivity index (χ4v) is 2.25. The number of aromatic nitrogens is 1. The Morgan fingerprint density at radius 3 is 2.64 bits per heavy atom. The van der Waals surface area contributed by atoms with E-state index in [4.69, 9.17) is 16.3 Å². The Labute approximate surface area is 135 Å². The van der Waals surface area contributed by atoms with Crippen molar-refractivity contribution in [1.82, 2.24) is 4.98 Å². The van der Waals surface area contributed by atoms with E-state index in [-0.39, 0.29) is 23.2 Å². The van der Waals surface area contributed by atoms with Gasteiger partial charge in [0.25, 0.3) is 0 Å². The highest BCUT2D eigenvalue weighted by molar-refractivity contribution is 6.31. The van der Waals surface area contributed by atoms with Crippen LogP contribution >= 0.6 is 11.6 Å². The molecule has 0 saturated heterocycles. The van der Waals surface area contributed by atoms with E-state index in [1.807, 2.05) is 0 Å². The third kappa shape index (κ3) is 5.93. The maximum atomic E-state index is 12.3. The van der Waals surface area contributed by atoms with Gasteiger partial charge in [0.15, 0.2) is 5.78 Å². The van der Waals surface area contributed by atoms with Crippen molar-refractivity contribution in [3.05, 3.63) is 29.0 Å². The summed E-state index contributed by atoms with van der Waals surface area (Å²) >= 11 is 5.84. The zero-order valence-electron chi connectivity index (χ0n) is 12.8. The molecule has 0 radical (unpaired) electrons. The smallest absolute Gasteiger partial charge is 0.305 e. The zero-order chi connectivity index (χ0) is 16.5. The standard InChI is InChI=1S/C16H20ClNO4/c1-3-22-15(20)7-5-4-6-13(11(2)19)16(21)14-10-12(17)8-9-18-14/h8-10,13H,3-7H2,1-2H3. The Morgan fingerprint density at radius 1 is 1.32 bits per heavy atom. The van der Waals surface area contributed by atoms with Crippen LogP contribution in [0.25, 0.3) is 0 Å². The molecule has 0 N–H and O–H groups in total. The summed E-state index contributed by atoms with van der Waals surface area (Å²) in [7, 11) is 0. The SMILES string of the molecule is CCOC(=O)CCCCC(C(C)=O)C(=O)c1cc(Cl)ccn1. The van der Waals surface area contributed by atoms with Gasteiger partial charge in [0.1, 0.15) is 11.5 Å². The number of hydrogen-bond acceptors (Lipinski definition) is 5. The lowest BCUT2D eigenvalue weighted by Crippen LogP contribution is -2.23. The molecule has 0 aliphatic carbocycles. The van der Waals surface area contributed by atoms with Gasteiger partial charge in [0.05, 0.1) is 12.5 Å². The number of halogens is 1. The van der Waals surface area contributed by atoms with E-state index in [0.29, 0.717) is 37.3 Å². The van der Waals surface area contributed by atoms with Crippen molar-refractivity contribution in [2.45, 2.75) is 39.5 Å². The number of pyridine rings is 1. The molecule has 0 bridgehead atoms. The van der Waals surface area contributed by atoms with Crippen molar-refractivity contribution in [3.8, 4) is 0 Å². The molecule has 0 aliphatic rings. The molecule has 1 atom stereocenters. The number of ether oxygens (including phenoxy) is 1. The van der Waals surface area contributed by atoms with Crippen LogP contribution < -0.4 is 0 Å². The fraction of sp³-hybridized carbons (Fsp3) is 0.500. The third-order valence-electron chi connectivity index (χ3n) is 3.21. The average molecular weight is 326 g/mol. The molecule has 0 aliphatic heterocycles. The Bertz CT molecular complexity index is 545. The van der Waals surface area contributed by atoms with E-state index in [2.05, 4.69) is 4.98 Å². The maximum absolute atomic E-state index is 12.3. The quantitative estimate of drug-likeness (QED) is 0.301. The van der Waals surface area contributed by atoms with Crippen LogP contribution in [0.15, 0.2) is 18.3 Å². The van der Waals surface area contributed by atoms with Crippen molar-refractivity contribution in [2.24, 2.45) is 5.92 Å². The van der Waals surface area contributed by atoms with Gasteiger partial charge in [-0.05, 0) is 38.8 Å². The van der Waals surface area contributed by atoms with Gasteiger partial charge < -0.3 is 4.74 Å². The van der Waals surface area contributed by atoms with Crippen LogP contribution in [0.3, 0.4) is 0 Å². The molecule has 1 aromatic rings. The second kappa shape index (κ2) is 9.30. The van der Waals surface area contributed by atoms with E-state index < -0.39 is 5.92 Å². The van der Waals surface area contributed by atoms with E-state index in [9.17, 15) is 14.4 Å². The number of Topliss-reactive ketones (excluding diaryl/α,β-unsaturated/α-hetero) is 2. The monoisotopic (exact) mass is 325 g/mol. The van der Waals surface area contributed by atoms with Crippen LogP contribution in [0.5, 0.6) is 0 Å². The molecule has 1 aromatic heterocycles. The van der Waals surface area contributed by atoms with Crippen molar-refractivity contribution < 1.29 is 19.1 Å². The number of carbonyl (C=O) groups excluding carboxylic acids is 3. The zero-order valence-corrected chi connectivity index (χ0v) is 13.6. The maximum Gasteiger partial charge on any atom is 0.305 e. The molecule has 0 amide bonds. The summed E-state index contributed by atoms with van der Waals surface area (Å²) in [5.41, 5.74) is 0.193. The Kier molecular flexibility index (Phi) is 7.74. The summed E-state index contributed by atoms with van der Waals surface area (Å²) in [6, 6.07) is 3.03. The lowest BCUT2D eigenvalue weighted by molar-refractivity contribution is -0.143. The predicted molar refractivity (Wildman–Crippen MR) is 82.8 cm³/mol. The highest BCUT2D eigenvalue weighted by Crippen LogP contribution is 2.18. The topological polar surface area (TPSA) is 73.3 Å². The number of rotatable bonds is 9. The molecule has 6 heteroatoms. The first-order valence-electron chi connectivity index (χ1n) is 7.27. The van der Waals surface area contributed by atoms with Crippen LogP contribution in [-0.2, 0) is 14.3 Å². The van der Waals surface area contributed by atoms with Crippen LogP contribution in [0.1, 0.15) is 50.0 Å². The summed E-state index contributed by atoms with van der Waals surface area (Å²) in [6.07, 6.45) is 3.30. The predicted octanol–water partition coefficient (Wildman–Crippen LogP) is 3.25. The highest BCUT2D eigenvalue weighted by atomic mass is 35.5. The molecular weight excluding hydrogens is 306 g/mol. The average Bonchev–Trinajstić information content (AvgIpc) is 2.46. The van der Waals surface area contributed by atoms with Crippen molar-refractivity contribution in [2.75, 3.05) is 6.61 Å². The van der Waals surface area contributed by atoms with Crippen molar-refractivity contribution in [1.29, 1.82) is 0 Å². The molecule has 22 heavy (non-hydrogen) atoms. The molecule has 0 spiro atoms. The van der Waals surface area contributed by atoms with Gasteiger partial charge in [-0.25, -0.2) is 0 Å². The molecule has 120 valence electrons. The summed E-state index contributed by atoms with van der Waals surface area (Å²) in [4.78, 5) is 39.2. The minimum atomic E-state index is -0.742. The van der Waals surface area contributed by atoms with E-state index in [0.717, 1.165) is 0 Å². The van der Waals surface area contributed by atoms with Gasteiger partial charge >= 0.3 is 5.97 Å². The summed E-state index contributed by atoms with van der Waals surface area (Å²) < 4.78 is 4.83. The first-order chi connectivity index (χ1) is 10.5. The van der Waals surface area contributed by atoms with Crippen LogP contribution in [0.2, 0.25) is 5.02 Å². The molecule has 1 unspecified atom stereocenters. The first-order valence-corrected chi connectivity index (χ1v) is 7.65. The number of hydrogen-bond donors (Lipinski definition) is 0. The summed E-state index contributed by atoms with van der Waals surface area (Å²) in [6.45, 7) is 3.49. The van der Waals surface area contributed by atoms with Crippen LogP contribution in [0, 0.1) is 5.92 Å². The van der Waals surface area contributed by atoms with Crippen LogP contribution in [0.4, 0.5) is 0 Å². The molecule has 0 aromatic carbocycles. The second-order valence-corrected chi connectivity index (χ2v) is 5.37. The lowest BCUT2D eigenvalue weighted by Gasteiger charge is -2.12. The fourth-order valence-electron chi connectivity index (χ4n) is 2.09. The normalized spacial score (nSPS) is 11.8. The number of unbranched alkanes of at least 4 members (excludes halogenated alkanes) is 1. The van der Waals surface area contributed by atoms with Gasteiger partial charge in [0.2, 0.25) is 0 Å². The van der Waals surface area contributed by atoms with E-state index >= 15 is 0 Å². The van der Waals surface area contributed by atoms with E-state index in [1.54, 1.807) is 13.0 Å². The third-order valence-corrected chi connectivity index (χ3v) is 3.45. The van der Waals surface area contributed by atoms with Gasteiger partial charge in [-0.2, -0.15) is 0 Å². The largest absolute Gasteiger partial charge is 0.466 e. The van der Waals surface area contributed by atoms with Crippen LogP contribution in [-0.4, -0.2) is 29.1 Å². The Hall–Kier alpha value is -1.75. The first kappa shape index (κ1) is 18.3. The number of carbonyl (C=O) groups is 3. The minimum absolute atomic E-state index is 0.193. The summed E-state index contributed by atoms with van der Waals surface area (Å²) in [5, 5.41) is 0.406. The van der Waals surface area contributed by atoms with Gasteiger partial charge in [0, 0.05) is 17.6 Å². The summed E-state index contributed by atoms with van der Waals surface area (Å²) in [5.74, 6) is -1.54. The van der Waals surface area contributed by atoms with Gasteiger partial charge in [-0.1, -0.05) is 18.0 Å².